The molecule has 1 atom stereocenters. The Hall–Kier alpha value is -1.49. The van der Waals surface area contributed by atoms with Crippen molar-refractivity contribution in [1.82, 2.24) is 9.62 Å². The largest absolute Gasteiger partial charge is 0.480 e. The molecule has 0 aromatic carbocycles. The molecule has 1 saturated heterocycles. The molecule has 122 valence electrons. The van der Waals surface area contributed by atoms with Crippen LogP contribution in [0.4, 0.5) is 0 Å². The number of nitrogens with zero attached hydrogens (tertiary/aromatic N) is 1. The zero-order valence-corrected chi connectivity index (χ0v) is 13.4. The molecule has 0 spiro atoms. The minimum absolute atomic E-state index is 0.0143. The predicted octanol–water partition coefficient (Wildman–Crippen LogP) is -0.0281. The number of carboxylic acids is 1. The number of ether oxygens (including phenoxy) is 1. The molecule has 0 aliphatic carbocycles. The molecular formula is C12H16N2O6S2. The summed E-state index contributed by atoms with van der Waals surface area (Å²) in [5, 5.41) is 12.6. The van der Waals surface area contributed by atoms with E-state index < -0.39 is 27.9 Å². The fourth-order valence-corrected chi connectivity index (χ4v) is 4.63. The maximum absolute atomic E-state index is 12.6. The number of carbonyl (C=O) groups is 2. The third-order valence-corrected chi connectivity index (χ3v) is 6.12. The van der Waals surface area contributed by atoms with E-state index in [1.165, 1.54) is 22.7 Å². The van der Waals surface area contributed by atoms with Crippen LogP contribution in [-0.4, -0.2) is 62.1 Å². The van der Waals surface area contributed by atoms with E-state index in [0.717, 1.165) is 11.3 Å². The van der Waals surface area contributed by atoms with Gasteiger partial charge in [-0.3, -0.25) is 9.59 Å². The normalized spacial score (nSPS) is 17.9. The Morgan fingerprint density at radius 1 is 1.41 bits per heavy atom. The first-order valence-electron chi connectivity index (χ1n) is 6.53. The van der Waals surface area contributed by atoms with E-state index in [4.69, 9.17) is 9.84 Å². The van der Waals surface area contributed by atoms with Crippen molar-refractivity contribution in [2.45, 2.75) is 17.9 Å². The molecule has 2 rings (SSSR count). The van der Waals surface area contributed by atoms with Gasteiger partial charge in [0.05, 0.1) is 13.2 Å². The van der Waals surface area contributed by atoms with Gasteiger partial charge >= 0.3 is 5.97 Å². The maximum atomic E-state index is 12.6. The van der Waals surface area contributed by atoms with Crippen LogP contribution in [0.15, 0.2) is 16.3 Å². The number of nitrogens with one attached hydrogen (secondary N) is 1. The number of aliphatic carboxylic acids is 1. The first kappa shape index (κ1) is 16.9. The fraction of sp³-hybridized carbons (Fsp3) is 0.500. The number of thiophene rings is 1. The topological polar surface area (TPSA) is 113 Å². The summed E-state index contributed by atoms with van der Waals surface area (Å²) in [6, 6.07) is 0.254. The number of sulfonamides is 1. The molecule has 0 saturated carbocycles. The lowest BCUT2D eigenvalue weighted by molar-refractivity contribution is -0.138. The lowest BCUT2D eigenvalue weighted by Gasteiger charge is -2.26. The summed E-state index contributed by atoms with van der Waals surface area (Å²) in [5.74, 6) is -1.90. The van der Waals surface area contributed by atoms with Crippen molar-refractivity contribution < 1.29 is 27.9 Å². The number of carbonyl (C=O) groups excluding carboxylic acids is 1. The quantitative estimate of drug-likeness (QED) is 0.773. The second-order valence-electron chi connectivity index (χ2n) is 4.66. The molecule has 0 bridgehead atoms. The Balaban J connectivity index is 2.25. The van der Waals surface area contributed by atoms with Crippen molar-refractivity contribution in [2.24, 2.45) is 0 Å². The highest BCUT2D eigenvalue weighted by Gasteiger charge is 2.31. The van der Waals surface area contributed by atoms with Crippen LogP contribution in [-0.2, 0) is 19.6 Å². The van der Waals surface area contributed by atoms with Gasteiger partial charge in [-0.05, 0) is 18.4 Å². The summed E-state index contributed by atoms with van der Waals surface area (Å²) < 4.78 is 31.5. The summed E-state index contributed by atoms with van der Waals surface area (Å²) in [4.78, 5) is 22.8. The number of morpholine rings is 1. The smallest absolute Gasteiger partial charge is 0.325 e. The van der Waals surface area contributed by atoms with Gasteiger partial charge < -0.3 is 15.2 Å². The van der Waals surface area contributed by atoms with Crippen molar-refractivity contribution in [3.8, 4) is 0 Å². The van der Waals surface area contributed by atoms with Crippen molar-refractivity contribution >= 4 is 33.2 Å². The molecule has 1 aromatic heterocycles. The molecule has 2 N–H and O–H groups in total. The Labute approximate surface area is 131 Å². The molecule has 1 fully saturated rings. The lowest BCUT2D eigenvalue weighted by atomic mass is 10.3. The van der Waals surface area contributed by atoms with E-state index >= 15 is 0 Å². The van der Waals surface area contributed by atoms with E-state index in [1.54, 1.807) is 0 Å². The molecule has 0 unspecified atom stereocenters. The van der Waals surface area contributed by atoms with Crippen LogP contribution in [0.2, 0.25) is 0 Å². The van der Waals surface area contributed by atoms with Gasteiger partial charge in [-0.25, -0.2) is 8.42 Å². The highest BCUT2D eigenvalue weighted by molar-refractivity contribution is 7.89. The third-order valence-electron chi connectivity index (χ3n) is 3.14. The molecule has 10 heteroatoms. The summed E-state index contributed by atoms with van der Waals surface area (Å²) in [7, 11) is -3.79. The molecule has 2 heterocycles. The molecule has 8 nitrogen and oxygen atoms in total. The highest BCUT2D eigenvalue weighted by Crippen LogP contribution is 2.25. The summed E-state index contributed by atoms with van der Waals surface area (Å²) in [5.41, 5.74) is 0. The SMILES string of the molecule is C[C@@H](NC(=O)c1sccc1S(=O)(=O)N1CCOCC1)C(=O)O. The van der Waals surface area contributed by atoms with Crippen LogP contribution in [0.25, 0.3) is 0 Å². The lowest BCUT2D eigenvalue weighted by Crippen LogP contribution is -2.42. The number of hydrogen-bond donors (Lipinski definition) is 2. The molecule has 22 heavy (non-hydrogen) atoms. The monoisotopic (exact) mass is 348 g/mol. The Bertz CT molecular complexity index is 663. The molecule has 1 aromatic rings. The van der Waals surface area contributed by atoms with E-state index in [-0.39, 0.29) is 22.9 Å². The Kier molecular flexibility index (Phi) is 5.16. The summed E-state index contributed by atoms with van der Waals surface area (Å²) in [6.45, 7) is 2.38. The summed E-state index contributed by atoms with van der Waals surface area (Å²) in [6.07, 6.45) is 0. The van der Waals surface area contributed by atoms with Crippen molar-refractivity contribution in [2.75, 3.05) is 26.3 Å². The molecule has 0 radical (unpaired) electrons. The van der Waals surface area contributed by atoms with Crippen LogP contribution in [0, 0.1) is 0 Å². The van der Waals surface area contributed by atoms with Crippen LogP contribution in [0.5, 0.6) is 0 Å². The zero-order chi connectivity index (χ0) is 16.3. The molecule has 1 aliphatic heterocycles. The van der Waals surface area contributed by atoms with Gasteiger partial charge in [-0.2, -0.15) is 4.31 Å². The minimum Gasteiger partial charge on any atom is -0.480 e. The highest BCUT2D eigenvalue weighted by atomic mass is 32.2. The van der Waals surface area contributed by atoms with Crippen LogP contribution >= 0.6 is 11.3 Å². The average Bonchev–Trinajstić information content (AvgIpc) is 2.98. The van der Waals surface area contributed by atoms with Gasteiger partial charge in [0, 0.05) is 13.1 Å². The van der Waals surface area contributed by atoms with Crippen LogP contribution < -0.4 is 5.32 Å². The van der Waals surface area contributed by atoms with Gasteiger partial charge in [0.2, 0.25) is 10.0 Å². The van der Waals surface area contributed by atoms with E-state index in [1.807, 2.05) is 0 Å². The van der Waals surface area contributed by atoms with Crippen molar-refractivity contribution in [3.63, 3.8) is 0 Å². The zero-order valence-electron chi connectivity index (χ0n) is 11.8. The van der Waals surface area contributed by atoms with Gasteiger partial charge in [-0.15, -0.1) is 11.3 Å². The number of rotatable bonds is 5. The van der Waals surface area contributed by atoms with Gasteiger partial charge in [-0.1, -0.05) is 0 Å². The fourth-order valence-electron chi connectivity index (χ4n) is 1.92. The van der Waals surface area contributed by atoms with E-state index in [2.05, 4.69) is 5.32 Å². The molecule has 1 amide bonds. The molecule has 1 aliphatic rings. The van der Waals surface area contributed by atoms with Crippen molar-refractivity contribution in [1.29, 1.82) is 0 Å². The Morgan fingerprint density at radius 3 is 2.64 bits per heavy atom. The predicted molar refractivity (Wildman–Crippen MR) is 78.5 cm³/mol. The first-order chi connectivity index (χ1) is 10.3. The number of amides is 1. The van der Waals surface area contributed by atoms with Crippen molar-refractivity contribution in [3.05, 3.63) is 16.3 Å². The standard InChI is InChI=1S/C12H16N2O6S2/c1-8(12(16)17)13-11(15)10-9(2-7-21-10)22(18,19)14-3-5-20-6-4-14/h2,7-8H,3-6H2,1H3,(H,13,15)(H,16,17)/t8-/m1/s1. The number of carboxylic acid groups (broad SMARTS) is 1. The van der Waals surface area contributed by atoms with Gasteiger partial charge in [0.15, 0.2) is 0 Å². The number of hydrogen-bond acceptors (Lipinski definition) is 6. The van der Waals surface area contributed by atoms with Crippen LogP contribution in [0.3, 0.4) is 0 Å². The van der Waals surface area contributed by atoms with E-state index in [9.17, 15) is 18.0 Å². The third kappa shape index (κ3) is 3.46. The minimum atomic E-state index is -3.79. The molecular weight excluding hydrogens is 332 g/mol. The second kappa shape index (κ2) is 6.73. The second-order valence-corrected chi connectivity index (χ2v) is 7.49. The van der Waals surface area contributed by atoms with Gasteiger partial charge in [0.25, 0.3) is 5.91 Å². The first-order valence-corrected chi connectivity index (χ1v) is 8.85. The maximum Gasteiger partial charge on any atom is 0.325 e. The van der Waals surface area contributed by atoms with Crippen LogP contribution in [0.1, 0.15) is 16.6 Å². The average molecular weight is 348 g/mol. The summed E-state index contributed by atoms with van der Waals surface area (Å²) >= 11 is 0.960. The van der Waals surface area contributed by atoms with E-state index in [0.29, 0.717) is 13.2 Å². The van der Waals surface area contributed by atoms with Gasteiger partial charge in [0.1, 0.15) is 15.8 Å². The Morgan fingerprint density at radius 2 is 2.05 bits per heavy atom.